The van der Waals surface area contributed by atoms with Crippen LogP contribution in [-0.4, -0.2) is 22.0 Å². The van der Waals surface area contributed by atoms with Crippen LogP contribution in [0.15, 0.2) is 34.9 Å². The van der Waals surface area contributed by atoms with Gasteiger partial charge in [0.25, 0.3) is 0 Å². The zero-order valence-electron chi connectivity index (χ0n) is 13.9. The summed E-state index contributed by atoms with van der Waals surface area (Å²) in [7, 11) is 0. The van der Waals surface area contributed by atoms with Gasteiger partial charge in [0.15, 0.2) is 0 Å². The van der Waals surface area contributed by atoms with Gasteiger partial charge in [-0.25, -0.2) is 9.78 Å². The predicted molar refractivity (Wildman–Crippen MR) is 93.7 cm³/mol. The van der Waals surface area contributed by atoms with E-state index >= 15 is 0 Å². The number of hydrogen-bond acceptors (Lipinski definition) is 2. The number of urea groups is 1. The lowest BCUT2D eigenvalue weighted by atomic mass is 9.95. The maximum Gasteiger partial charge on any atom is 0.417 e. The van der Waals surface area contributed by atoms with Gasteiger partial charge in [0.2, 0.25) is 5.95 Å². The molecular weight excluding hydrogens is 430 g/mol. The second kappa shape index (κ2) is 6.47. The summed E-state index contributed by atoms with van der Waals surface area (Å²) in [6.07, 6.45) is -1.26. The Labute approximate surface area is 160 Å². The Morgan fingerprint density at radius 2 is 2.04 bits per heavy atom. The van der Waals surface area contributed by atoms with E-state index in [9.17, 15) is 22.4 Å². The van der Waals surface area contributed by atoms with E-state index < -0.39 is 23.7 Å². The normalized spacial score (nSPS) is 21.1. The van der Waals surface area contributed by atoms with Gasteiger partial charge < -0.3 is 10.2 Å². The predicted octanol–water partition coefficient (Wildman–Crippen LogP) is 5.30. The number of carbonyl (C=O) groups excluding carboxylic acids is 1. The zero-order chi connectivity index (χ0) is 19.3. The third kappa shape index (κ3) is 3.18. The number of halogens is 5. The maximum absolute atomic E-state index is 14.0. The maximum atomic E-state index is 14.0. The first-order valence-electron chi connectivity index (χ1n) is 8.35. The quantitative estimate of drug-likeness (QED) is 0.480. The molecule has 0 saturated carbocycles. The highest BCUT2D eigenvalue weighted by Gasteiger charge is 2.43. The molecule has 1 aromatic heterocycles. The minimum absolute atomic E-state index is 0.145. The molecule has 2 atom stereocenters. The lowest BCUT2D eigenvalue weighted by molar-refractivity contribution is -0.138. The van der Waals surface area contributed by atoms with Crippen LogP contribution >= 0.6 is 15.9 Å². The second-order valence-electron chi connectivity index (χ2n) is 6.65. The Morgan fingerprint density at radius 3 is 2.74 bits per heavy atom. The van der Waals surface area contributed by atoms with Gasteiger partial charge in [0.1, 0.15) is 0 Å². The summed E-state index contributed by atoms with van der Waals surface area (Å²) in [5, 5.41) is 2.66. The van der Waals surface area contributed by atoms with Crippen molar-refractivity contribution in [1.82, 2.24) is 9.88 Å². The number of nitrogens with zero attached hydrogens (tertiary/aromatic N) is 2. The van der Waals surface area contributed by atoms with E-state index in [-0.39, 0.29) is 22.2 Å². The van der Waals surface area contributed by atoms with Crippen molar-refractivity contribution in [2.75, 3.05) is 5.32 Å². The Morgan fingerprint density at radius 1 is 1.26 bits per heavy atom. The number of hydrogen-bond donors (Lipinski definition) is 1. The molecule has 2 aliphatic rings. The van der Waals surface area contributed by atoms with Crippen LogP contribution in [0.2, 0.25) is 0 Å². The van der Waals surface area contributed by atoms with Crippen LogP contribution in [0.5, 0.6) is 0 Å². The largest absolute Gasteiger partial charge is 0.417 e. The number of rotatable bonds is 1. The van der Waals surface area contributed by atoms with Crippen LogP contribution in [-0.2, 0) is 12.6 Å². The highest BCUT2D eigenvalue weighted by molar-refractivity contribution is 9.10. The van der Waals surface area contributed by atoms with Crippen molar-refractivity contribution in [3.05, 3.63) is 57.6 Å². The Hall–Kier alpha value is -2.16. The van der Waals surface area contributed by atoms with Crippen molar-refractivity contribution < 1.29 is 22.4 Å². The molecule has 2 amide bonds. The number of pyridine rings is 1. The summed E-state index contributed by atoms with van der Waals surface area (Å²) in [5.41, 5.74) is 0.743. The average molecular weight is 444 g/mol. The molecule has 4 rings (SSSR count). The lowest BCUT2D eigenvalue weighted by Gasteiger charge is -2.36. The van der Waals surface area contributed by atoms with Crippen molar-refractivity contribution in [1.29, 1.82) is 0 Å². The van der Waals surface area contributed by atoms with Gasteiger partial charge in [0.05, 0.1) is 11.6 Å². The summed E-state index contributed by atoms with van der Waals surface area (Å²) in [6, 6.07) is 4.27. The molecule has 142 valence electrons. The molecule has 3 heterocycles. The highest BCUT2D eigenvalue weighted by atomic mass is 79.9. The molecule has 2 aromatic rings. The molecule has 0 spiro atoms. The number of alkyl halides is 3. The van der Waals surface area contributed by atoms with Crippen molar-refractivity contribution in [3.63, 3.8) is 0 Å². The highest BCUT2D eigenvalue weighted by Crippen LogP contribution is 2.44. The fraction of sp³-hybridized carbons (Fsp3) is 0.333. The summed E-state index contributed by atoms with van der Waals surface area (Å²) in [6.45, 7) is 0. The van der Waals surface area contributed by atoms with E-state index in [1.54, 1.807) is 11.0 Å². The molecule has 1 N–H and O–H groups in total. The molecule has 9 heteroatoms. The van der Waals surface area contributed by atoms with E-state index in [2.05, 4.69) is 26.2 Å². The van der Waals surface area contributed by atoms with Gasteiger partial charge in [-0.15, -0.1) is 0 Å². The fourth-order valence-corrected chi connectivity index (χ4v) is 4.54. The number of aromatic nitrogens is 1. The first kappa shape index (κ1) is 18.2. The van der Waals surface area contributed by atoms with E-state index in [1.165, 1.54) is 18.3 Å². The average Bonchev–Trinajstić information content (AvgIpc) is 2.90. The Balaban J connectivity index is 1.57. The van der Waals surface area contributed by atoms with Crippen molar-refractivity contribution >= 4 is 27.6 Å². The number of benzene rings is 1. The van der Waals surface area contributed by atoms with Crippen molar-refractivity contribution in [3.8, 4) is 0 Å². The minimum Gasteiger partial charge on any atom is -0.314 e. The molecule has 1 aromatic carbocycles. The monoisotopic (exact) mass is 443 g/mol. The first-order valence-corrected chi connectivity index (χ1v) is 9.14. The number of amides is 2. The molecule has 0 unspecified atom stereocenters. The van der Waals surface area contributed by atoms with Crippen LogP contribution in [0.4, 0.5) is 28.0 Å². The fourth-order valence-electron chi connectivity index (χ4n) is 3.94. The minimum atomic E-state index is -4.48. The van der Waals surface area contributed by atoms with Crippen LogP contribution in [0.3, 0.4) is 0 Å². The molecule has 1 fully saturated rings. The molecule has 27 heavy (non-hydrogen) atoms. The van der Waals surface area contributed by atoms with E-state index in [0.29, 0.717) is 18.4 Å². The van der Waals surface area contributed by atoms with E-state index in [1.807, 2.05) is 0 Å². The summed E-state index contributed by atoms with van der Waals surface area (Å²) < 4.78 is 52.4. The molecule has 2 aliphatic heterocycles. The smallest absolute Gasteiger partial charge is 0.314 e. The van der Waals surface area contributed by atoms with Crippen LogP contribution < -0.4 is 5.32 Å². The summed E-state index contributed by atoms with van der Waals surface area (Å²) in [5.74, 6) is -0.504. The number of fused-ring (bicyclic) bond motifs is 4. The molecule has 0 aliphatic carbocycles. The van der Waals surface area contributed by atoms with Gasteiger partial charge >= 0.3 is 12.2 Å². The standard InChI is InChI=1S/C18H14BrF4N3O/c19-14-7-9(1-3-13(14)18(21,22)23)25-17(27)26-10-2-4-15(26)11-5-6-24-16(20)12(11)8-10/h1,3,5-7,10,15H,2,4,8H2,(H,25,27)/t10-,15+/m1/s1. The molecule has 2 bridgehead atoms. The topological polar surface area (TPSA) is 45.2 Å². The number of nitrogens with one attached hydrogen (secondary N) is 1. The van der Waals surface area contributed by atoms with Gasteiger partial charge in [-0.2, -0.15) is 17.6 Å². The summed E-state index contributed by atoms with van der Waals surface area (Å²) in [4.78, 5) is 18.1. The molecule has 4 nitrogen and oxygen atoms in total. The zero-order valence-corrected chi connectivity index (χ0v) is 15.4. The van der Waals surface area contributed by atoms with Gasteiger partial charge in [-0.05, 0) is 49.1 Å². The van der Waals surface area contributed by atoms with Gasteiger partial charge in [-0.3, -0.25) is 0 Å². The van der Waals surface area contributed by atoms with Crippen molar-refractivity contribution in [2.24, 2.45) is 0 Å². The SMILES string of the molecule is O=C(Nc1ccc(C(F)(F)F)c(Br)c1)N1[C@@H]2CC[C@H]1c1ccnc(F)c1C2. The van der Waals surface area contributed by atoms with Crippen molar-refractivity contribution in [2.45, 2.75) is 37.5 Å². The third-order valence-electron chi connectivity index (χ3n) is 5.10. The van der Waals surface area contributed by atoms with E-state index in [0.717, 1.165) is 18.1 Å². The van der Waals surface area contributed by atoms with Gasteiger partial charge in [0, 0.05) is 28.0 Å². The first-order chi connectivity index (χ1) is 12.8. The lowest BCUT2D eigenvalue weighted by Crippen LogP contribution is -2.44. The van der Waals surface area contributed by atoms with Crippen LogP contribution in [0.25, 0.3) is 0 Å². The number of anilines is 1. The Kier molecular flexibility index (Phi) is 4.37. The van der Waals surface area contributed by atoms with E-state index in [4.69, 9.17) is 0 Å². The molecule has 0 radical (unpaired) electrons. The van der Waals surface area contributed by atoms with Crippen LogP contribution in [0.1, 0.15) is 35.6 Å². The van der Waals surface area contributed by atoms with Gasteiger partial charge in [-0.1, -0.05) is 15.9 Å². The second-order valence-corrected chi connectivity index (χ2v) is 7.50. The molecular formula is C18H14BrF4N3O. The third-order valence-corrected chi connectivity index (χ3v) is 5.76. The number of carbonyl (C=O) groups is 1. The Bertz CT molecular complexity index is 918. The van der Waals surface area contributed by atoms with Crippen LogP contribution in [0, 0.1) is 5.95 Å². The summed E-state index contributed by atoms with van der Waals surface area (Å²) >= 11 is 2.90. The molecule has 1 saturated heterocycles.